The lowest BCUT2D eigenvalue weighted by molar-refractivity contribution is 0.159. The van der Waals surface area contributed by atoms with Gasteiger partial charge in [-0.2, -0.15) is 4.31 Å². The molecule has 0 amide bonds. The highest BCUT2D eigenvalue weighted by Crippen LogP contribution is 2.28. The van der Waals surface area contributed by atoms with Gasteiger partial charge in [-0.25, -0.2) is 8.42 Å². The van der Waals surface area contributed by atoms with Crippen LogP contribution in [0, 0.1) is 13.8 Å². The largest absolute Gasteiger partial charge is 0.388 e. The molecule has 5 nitrogen and oxygen atoms in total. The fraction of sp³-hybridized carbons (Fsp3) is 0.600. The SMILES string of the molecule is CNc1cc(C)c(S(=O)(=O)N2CCN(C)C(C)C2)c(C)c1. The van der Waals surface area contributed by atoms with E-state index in [1.165, 1.54) is 0 Å². The van der Waals surface area contributed by atoms with Crippen molar-refractivity contribution in [2.75, 3.05) is 39.0 Å². The Balaban J connectivity index is 2.41. The summed E-state index contributed by atoms with van der Waals surface area (Å²) in [4.78, 5) is 2.65. The van der Waals surface area contributed by atoms with Gasteiger partial charge in [-0.1, -0.05) is 0 Å². The van der Waals surface area contributed by atoms with Crippen molar-refractivity contribution >= 4 is 15.7 Å². The number of anilines is 1. The van der Waals surface area contributed by atoms with Crippen LogP contribution in [0.4, 0.5) is 5.69 Å². The third-order valence-corrected chi connectivity index (χ3v) is 6.44. The summed E-state index contributed by atoms with van der Waals surface area (Å²) in [6.07, 6.45) is 0. The van der Waals surface area contributed by atoms with Crippen LogP contribution in [0.3, 0.4) is 0 Å². The Bertz CT molecular complexity index is 605. The number of likely N-dealkylation sites (N-methyl/N-ethyl adjacent to an activating group) is 1. The van der Waals surface area contributed by atoms with Crippen LogP contribution in [0.25, 0.3) is 0 Å². The zero-order valence-electron chi connectivity index (χ0n) is 13.5. The van der Waals surface area contributed by atoms with Crippen molar-refractivity contribution in [3.63, 3.8) is 0 Å². The van der Waals surface area contributed by atoms with Gasteiger partial charge in [0, 0.05) is 38.4 Å². The van der Waals surface area contributed by atoms with Gasteiger partial charge in [-0.15, -0.1) is 0 Å². The first-order valence-electron chi connectivity index (χ1n) is 7.26. The summed E-state index contributed by atoms with van der Waals surface area (Å²) in [7, 11) is 0.447. The molecular formula is C15H25N3O2S. The maximum Gasteiger partial charge on any atom is 0.243 e. The molecule has 21 heavy (non-hydrogen) atoms. The number of hydrogen-bond donors (Lipinski definition) is 1. The smallest absolute Gasteiger partial charge is 0.243 e. The third kappa shape index (κ3) is 3.07. The lowest BCUT2D eigenvalue weighted by Crippen LogP contribution is -2.52. The van der Waals surface area contributed by atoms with Crippen molar-refractivity contribution in [3.8, 4) is 0 Å². The fourth-order valence-electron chi connectivity index (χ4n) is 2.86. The molecule has 0 bridgehead atoms. The monoisotopic (exact) mass is 311 g/mol. The van der Waals surface area contributed by atoms with Crippen LogP contribution >= 0.6 is 0 Å². The Kier molecular flexibility index (Phi) is 4.60. The predicted octanol–water partition coefficient (Wildman–Crippen LogP) is 1.67. The number of piperazine rings is 1. The van der Waals surface area contributed by atoms with E-state index in [9.17, 15) is 8.42 Å². The fourth-order valence-corrected chi connectivity index (χ4v) is 4.79. The molecule has 1 aliphatic heterocycles. The molecule has 0 saturated carbocycles. The molecule has 1 N–H and O–H groups in total. The lowest BCUT2D eigenvalue weighted by atomic mass is 10.1. The van der Waals surface area contributed by atoms with Gasteiger partial charge in [0.2, 0.25) is 10.0 Å². The predicted molar refractivity (Wildman–Crippen MR) is 86.3 cm³/mol. The minimum atomic E-state index is -3.43. The van der Waals surface area contributed by atoms with Gasteiger partial charge in [0.05, 0.1) is 4.90 Å². The second-order valence-corrected chi connectivity index (χ2v) is 7.76. The van der Waals surface area contributed by atoms with E-state index < -0.39 is 10.0 Å². The first-order valence-corrected chi connectivity index (χ1v) is 8.70. The van der Waals surface area contributed by atoms with Gasteiger partial charge in [0.25, 0.3) is 0 Å². The van der Waals surface area contributed by atoms with E-state index in [0.29, 0.717) is 18.0 Å². The summed E-state index contributed by atoms with van der Waals surface area (Å²) >= 11 is 0. The topological polar surface area (TPSA) is 52.7 Å². The number of hydrogen-bond acceptors (Lipinski definition) is 4. The zero-order valence-corrected chi connectivity index (χ0v) is 14.3. The molecule has 6 heteroatoms. The second-order valence-electron chi connectivity index (χ2n) is 5.88. The van der Waals surface area contributed by atoms with Gasteiger partial charge in [0.1, 0.15) is 0 Å². The average molecular weight is 311 g/mol. The van der Waals surface area contributed by atoms with E-state index in [-0.39, 0.29) is 6.04 Å². The highest BCUT2D eigenvalue weighted by Gasteiger charge is 2.32. The third-order valence-electron chi connectivity index (χ3n) is 4.27. The quantitative estimate of drug-likeness (QED) is 0.922. The van der Waals surface area contributed by atoms with Crippen LogP contribution in [-0.2, 0) is 10.0 Å². The van der Waals surface area contributed by atoms with E-state index in [1.54, 1.807) is 4.31 Å². The summed E-state index contributed by atoms with van der Waals surface area (Å²) in [5, 5.41) is 3.06. The van der Waals surface area contributed by atoms with Crippen LogP contribution in [0.5, 0.6) is 0 Å². The Morgan fingerprint density at radius 2 is 1.76 bits per heavy atom. The summed E-state index contributed by atoms with van der Waals surface area (Å²) in [6.45, 7) is 7.65. The first kappa shape index (κ1) is 16.3. The van der Waals surface area contributed by atoms with Crippen LogP contribution in [0.1, 0.15) is 18.1 Å². The van der Waals surface area contributed by atoms with E-state index in [1.807, 2.05) is 40.1 Å². The number of nitrogens with one attached hydrogen (secondary N) is 1. The van der Waals surface area contributed by atoms with E-state index in [0.717, 1.165) is 23.4 Å². The Morgan fingerprint density at radius 3 is 2.24 bits per heavy atom. The molecule has 0 aliphatic carbocycles. The van der Waals surface area contributed by atoms with Crippen molar-refractivity contribution in [2.24, 2.45) is 0 Å². The number of aryl methyl sites for hydroxylation is 2. The highest BCUT2D eigenvalue weighted by atomic mass is 32.2. The maximum atomic E-state index is 13.0. The maximum absolute atomic E-state index is 13.0. The van der Waals surface area contributed by atoms with Gasteiger partial charge >= 0.3 is 0 Å². The summed E-state index contributed by atoms with van der Waals surface area (Å²) in [6, 6.07) is 4.02. The number of nitrogens with zero attached hydrogens (tertiary/aromatic N) is 2. The number of benzene rings is 1. The average Bonchev–Trinajstić information content (AvgIpc) is 2.40. The van der Waals surface area contributed by atoms with Crippen LogP contribution in [0.15, 0.2) is 17.0 Å². The number of rotatable bonds is 3. The van der Waals surface area contributed by atoms with Gasteiger partial charge in [-0.05, 0) is 51.1 Å². The molecule has 1 aromatic carbocycles. The molecule has 0 aromatic heterocycles. The Morgan fingerprint density at radius 1 is 1.19 bits per heavy atom. The van der Waals surface area contributed by atoms with Crippen LogP contribution in [-0.4, -0.2) is 57.4 Å². The van der Waals surface area contributed by atoms with Crippen LogP contribution in [0.2, 0.25) is 0 Å². The molecule has 1 unspecified atom stereocenters. The molecule has 0 radical (unpaired) electrons. The summed E-state index contributed by atoms with van der Waals surface area (Å²) in [5.74, 6) is 0. The molecule has 118 valence electrons. The summed E-state index contributed by atoms with van der Waals surface area (Å²) in [5.41, 5.74) is 2.53. The summed E-state index contributed by atoms with van der Waals surface area (Å²) < 4.78 is 27.6. The van der Waals surface area contributed by atoms with E-state index in [4.69, 9.17) is 0 Å². The minimum absolute atomic E-state index is 0.241. The lowest BCUT2D eigenvalue weighted by Gasteiger charge is -2.37. The minimum Gasteiger partial charge on any atom is -0.388 e. The Labute approximate surface area is 128 Å². The molecule has 1 saturated heterocycles. The van der Waals surface area contributed by atoms with E-state index in [2.05, 4.69) is 17.1 Å². The van der Waals surface area contributed by atoms with Gasteiger partial charge in [0.15, 0.2) is 0 Å². The molecule has 1 aliphatic rings. The van der Waals surface area contributed by atoms with Gasteiger partial charge in [-0.3, -0.25) is 0 Å². The Hall–Kier alpha value is -1.11. The van der Waals surface area contributed by atoms with Crippen molar-refractivity contribution in [1.82, 2.24) is 9.21 Å². The van der Waals surface area contributed by atoms with Crippen molar-refractivity contribution in [1.29, 1.82) is 0 Å². The van der Waals surface area contributed by atoms with Crippen molar-refractivity contribution < 1.29 is 8.42 Å². The molecule has 2 rings (SSSR count). The molecule has 1 heterocycles. The van der Waals surface area contributed by atoms with Crippen LogP contribution < -0.4 is 5.32 Å². The molecule has 1 aromatic rings. The normalized spacial score (nSPS) is 21.5. The van der Waals surface area contributed by atoms with E-state index >= 15 is 0 Å². The molecule has 1 fully saturated rings. The van der Waals surface area contributed by atoms with Crippen molar-refractivity contribution in [3.05, 3.63) is 23.3 Å². The second kappa shape index (κ2) is 5.94. The zero-order chi connectivity index (χ0) is 15.8. The van der Waals surface area contributed by atoms with Crippen molar-refractivity contribution in [2.45, 2.75) is 31.7 Å². The highest BCUT2D eigenvalue weighted by molar-refractivity contribution is 7.89. The molecule has 1 atom stereocenters. The molecular weight excluding hydrogens is 286 g/mol. The standard InChI is InChI=1S/C15H25N3O2S/c1-11-8-14(16-4)9-12(2)15(11)21(19,20)18-7-6-17(5)13(3)10-18/h8-9,13,16H,6-7,10H2,1-5H3. The molecule has 0 spiro atoms. The first-order chi connectivity index (χ1) is 9.77. The van der Waals surface area contributed by atoms with Gasteiger partial charge < -0.3 is 10.2 Å². The number of sulfonamides is 1.